The fourth-order valence-electron chi connectivity index (χ4n) is 1.80. The minimum atomic E-state index is 0.470. The van der Waals surface area contributed by atoms with Crippen molar-refractivity contribution in [2.24, 2.45) is 0 Å². The average molecular weight is 245 g/mol. The Hall–Kier alpha value is -0.440. The maximum absolute atomic E-state index is 6.08. The van der Waals surface area contributed by atoms with E-state index in [2.05, 4.69) is 10.6 Å². The van der Waals surface area contributed by atoms with Crippen molar-refractivity contribution in [3.8, 4) is 0 Å². The molecule has 0 saturated carbocycles. The fraction of sp³-hybridized carbons (Fsp3) is 0.455. The van der Waals surface area contributed by atoms with Crippen molar-refractivity contribution in [1.29, 1.82) is 0 Å². The third-order valence-corrected chi connectivity index (χ3v) is 3.14. The van der Waals surface area contributed by atoms with E-state index in [4.69, 9.17) is 23.2 Å². The Morgan fingerprint density at radius 2 is 2.20 bits per heavy atom. The Morgan fingerprint density at radius 3 is 2.87 bits per heavy atom. The molecule has 1 saturated heterocycles. The SMILES string of the molecule is Clc1ccc(NC2CCCNC2)c(Cl)c1. The van der Waals surface area contributed by atoms with Crippen LogP contribution in [0.3, 0.4) is 0 Å². The van der Waals surface area contributed by atoms with E-state index in [1.54, 1.807) is 6.07 Å². The summed E-state index contributed by atoms with van der Waals surface area (Å²) < 4.78 is 0. The quantitative estimate of drug-likeness (QED) is 0.836. The van der Waals surface area contributed by atoms with Crippen LogP contribution in [-0.2, 0) is 0 Å². The van der Waals surface area contributed by atoms with E-state index in [-0.39, 0.29) is 0 Å². The van der Waals surface area contributed by atoms with Gasteiger partial charge in [0.1, 0.15) is 0 Å². The first-order chi connectivity index (χ1) is 7.25. The largest absolute Gasteiger partial charge is 0.380 e. The molecular weight excluding hydrogens is 231 g/mol. The second-order valence-electron chi connectivity index (χ2n) is 3.81. The highest BCUT2D eigenvalue weighted by Crippen LogP contribution is 2.26. The Balaban J connectivity index is 2.03. The van der Waals surface area contributed by atoms with E-state index in [1.807, 2.05) is 12.1 Å². The Labute approximate surface area is 100.0 Å². The fourth-order valence-corrected chi connectivity index (χ4v) is 2.26. The lowest BCUT2D eigenvalue weighted by Crippen LogP contribution is -2.38. The third kappa shape index (κ3) is 3.00. The molecule has 15 heavy (non-hydrogen) atoms. The van der Waals surface area contributed by atoms with Crippen molar-refractivity contribution in [3.05, 3.63) is 28.2 Å². The lowest BCUT2D eigenvalue weighted by Gasteiger charge is -2.25. The van der Waals surface area contributed by atoms with Crippen LogP contribution in [0.15, 0.2) is 18.2 Å². The van der Waals surface area contributed by atoms with E-state index in [1.165, 1.54) is 12.8 Å². The van der Waals surface area contributed by atoms with Crippen LogP contribution >= 0.6 is 23.2 Å². The topological polar surface area (TPSA) is 24.1 Å². The van der Waals surface area contributed by atoms with Crippen LogP contribution in [0, 0.1) is 0 Å². The van der Waals surface area contributed by atoms with Crippen LogP contribution < -0.4 is 10.6 Å². The number of anilines is 1. The zero-order valence-corrected chi connectivity index (χ0v) is 9.91. The molecule has 0 aliphatic carbocycles. The predicted molar refractivity (Wildman–Crippen MR) is 66.0 cm³/mol. The van der Waals surface area contributed by atoms with Gasteiger partial charge in [-0.25, -0.2) is 0 Å². The highest BCUT2D eigenvalue weighted by Gasteiger charge is 2.13. The molecule has 1 fully saturated rings. The lowest BCUT2D eigenvalue weighted by molar-refractivity contribution is 0.480. The minimum Gasteiger partial charge on any atom is -0.380 e. The van der Waals surface area contributed by atoms with Gasteiger partial charge < -0.3 is 10.6 Å². The molecule has 0 bridgehead atoms. The van der Waals surface area contributed by atoms with Gasteiger partial charge in [-0.3, -0.25) is 0 Å². The van der Waals surface area contributed by atoms with Gasteiger partial charge in [0.15, 0.2) is 0 Å². The summed E-state index contributed by atoms with van der Waals surface area (Å²) in [6.07, 6.45) is 2.40. The van der Waals surface area contributed by atoms with E-state index in [0.717, 1.165) is 18.8 Å². The zero-order valence-electron chi connectivity index (χ0n) is 8.39. The molecule has 1 aliphatic heterocycles. The van der Waals surface area contributed by atoms with Crippen LogP contribution in [0.5, 0.6) is 0 Å². The number of hydrogen-bond donors (Lipinski definition) is 2. The minimum absolute atomic E-state index is 0.470. The Kier molecular flexibility index (Phi) is 3.73. The highest BCUT2D eigenvalue weighted by atomic mass is 35.5. The Morgan fingerprint density at radius 1 is 1.33 bits per heavy atom. The molecule has 1 heterocycles. The van der Waals surface area contributed by atoms with Crippen LogP contribution in [0.2, 0.25) is 10.0 Å². The van der Waals surface area contributed by atoms with Crippen LogP contribution in [0.25, 0.3) is 0 Å². The second kappa shape index (κ2) is 5.06. The molecule has 1 aromatic rings. The average Bonchev–Trinajstić information content (AvgIpc) is 2.24. The maximum Gasteiger partial charge on any atom is 0.0652 e. The number of piperidine rings is 1. The molecule has 1 aromatic carbocycles. The van der Waals surface area contributed by atoms with Gasteiger partial charge in [0.25, 0.3) is 0 Å². The first-order valence-corrected chi connectivity index (χ1v) is 5.93. The molecule has 0 aromatic heterocycles. The van der Waals surface area contributed by atoms with Crippen molar-refractivity contribution < 1.29 is 0 Å². The van der Waals surface area contributed by atoms with Gasteiger partial charge in [-0.2, -0.15) is 0 Å². The number of hydrogen-bond acceptors (Lipinski definition) is 2. The van der Waals surface area contributed by atoms with Gasteiger partial charge in [0, 0.05) is 17.6 Å². The molecule has 1 unspecified atom stereocenters. The van der Waals surface area contributed by atoms with Crippen molar-refractivity contribution in [3.63, 3.8) is 0 Å². The smallest absolute Gasteiger partial charge is 0.0652 e. The third-order valence-electron chi connectivity index (χ3n) is 2.59. The summed E-state index contributed by atoms with van der Waals surface area (Å²) in [6.45, 7) is 2.12. The summed E-state index contributed by atoms with van der Waals surface area (Å²) >= 11 is 11.9. The van der Waals surface area contributed by atoms with Crippen LogP contribution in [0.4, 0.5) is 5.69 Å². The van der Waals surface area contributed by atoms with Crippen molar-refractivity contribution in [2.75, 3.05) is 18.4 Å². The first-order valence-electron chi connectivity index (χ1n) is 5.18. The lowest BCUT2D eigenvalue weighted by atomic mass is 10.1. The molecule has 0 radical (unpaired) electrons. The molecular formula is C11H14Cl2N2. The molecule has 0 amide bonds. The molecule has 2 rings (SSSR count). The molecule has 2 N–H and O–H groups in total. The summed E-state index contributed by atoms with van der Waals surface area (Å²) in [5.41, 5.74) is 0.967. The molecule has 82 valence electrons. The summed E-state index contributed by atoms with van der Waals surface area (Å²) in [7, 11) is 0. The standard InChI is InChI=1S/C11H14Cl2N2/c12-8-3-4-11(10(13)6-8)15-9-2-1-5-14-7-9/h3-4,6,9,14-15H,1-2,5,7H2. The predicted octanol–water partition coefficient (Wildman–Crippen LogP) is 3.16. The second-order valence-corrected chi connectivity index (χ2v) is 4.66. The number of halogens is 2. The van der Waals surface area contributed by atoms with E-state index >= 15 is 0 Å². The number of rotatable bonds is 2. The van der Waals surface area contributed by atoms with Gasteiger partial charge >= 0.3 is 0 Å². The van der Waals surface area contributed by atoms with E-state index in [9.17, 15) is 0 Å². The summed E-state index contributed by atoms with van der Waals surface area (Å²) in [6, 6.07) is 6.02. The summed E-state index contributed by atoms with van der Waals surface area (Å²) in [4.78, 5) is 0. The first kappa shape index (κ1) is 11.1. The number of nitrogens with one attached hydrogen (secondary N) is 2. The summed E-state index contributed by atoms with van der Waals surface area (Å²) in [5, 5.41) is 8.14. The van der Waals surface area contributed by atoms with Gasteiger partial charge in [0.2, 0.25) is 0 Å². The van der Waals surface area contributed by atoms with Gasteiger partial charge in [0.05, 0.1) is 10.7 Å². The monoisotopic (exact) mass is 244 g/mol. The van der Waals surface area contributed by atoms with Crippen molar-refractivity contribution in [2.45, 2.75) is 18.9 Å². The molecule has 0 spiro atoms. The molecule has 1 atom stereocenters. The zero-order chi connectivity index (χ0) is 10.7. The normalized spacial score (nSPS) is 21.3. The number of benzene rings is 1. The molecule has 1 aliphatic rings. The van der Waals surface area contributed by atoms with Crippen LogP contribution in [-0.4, -0.2) is 19.1 Å². The molecule has 4 heteroatoms. The summed E-state index contributed by atoms with van der Waals surface area (Å²) in [5.74, 6) is 0. The molecule has 2 nitrogen and oxygen atoms in total. The van der Waals surface area contributed by atoms with E-state index in [0.29, 0.717) is 16.1 Å². The highest BCUT2D eigenvalue weighted by molar-refractivity contribution is 6.36. The Bertz CT molecular complexity index is 335. The van der Waals surface area contributed by atoms with Gasteiger partial charge in [-0.15, -0.1) is 0 Å². The van der Waals surface area contributed by atoms with Crippen molar-refractivity contribution in [1.82, 2.24) is 5.32 Å². The maximum atomic E-state index is 6.08. The van der Waals surface area contributed by atoms with E-state index < -0.39 is 0 Å². The van der Waals surface area contributed by atoms with Crippen molar-refractivity contribution >= 4 is 28.9 Å². The van der Waals surface area contributed by atoms with Gasteiger partial charge in [-0.05, 0) is 37.6 Å². The van der Waals surface area contributed by atoms with Gasteiger partial charge in [-0.1, -0.05) is 23.2 Å². The van der Waals surface area contributed by atoms with Crippen LogP contribution in [0.1, 0.15) is 12.8 Å².